The van der Waals surface area contributed by atoms with E-state index in [1.807, 2.05) is 4.90 Å². The first kappa shape index (κ1) is 19.5. The number of rotatable bonds is 9. The molecule has 3 rings (SSSR count). The topological polar surface area (TPSA) is 93.4 Å². The molecule has 25 heavy (non-hydrogen) atoms. The molecule has 2 aliphatic carbocycles. The van der Waals surface area contributed by atoms with Crippen LogP contribution in [0.25, 0.3) is 0 Å². The maximum atomic E-state index is 9.97. The summed E-state index contributed by atoms with van der Waals surface area (Å²) in [4.78, 5) is 1.89. The summed E-state index contributed by atoms with van der Waals surface area (Å²) >= 11 is 0. The number of aliphatic hydroxyl groups excluding tert-OH is 4. The molecule has 1 aliphatic heterocycles. The van der Waals surface area contributed by atoms with E-state index >= 15 is 0 Å². The van der Waals surface area contributed by atoms with Gasteiger partial charge in [-0.15, -0.1) is 0 Å². The lowest BCUT2D eigenvalue weighted by atomic mass is 9.90. The Kier molecular flexibility index (Phi) is 7.11. The number of β-amino-alcohol motifs (C(OH)–C–C–N with tert-alkyl or cyclic N) is 1. The molecule has 146 valence electrons. The molecule has 3 aliphatic rings. The highest BCUT2D eigenvalue weighted by Crippen LogP contribution is 2.48. The zero-order valence-corrected chi connectivity index (χ0v) is 15.2. The molecule has 3 fully saturated rings. The van der Waals surface area contributed by atoms with Gasteiger partial charge in [-0.3, -0.25) is 4.90 Å². The van der Waals surface area contributed by atoms with Crippen molar-refractivity contribution in [1.29, 1.82) is 0 Å². The largest absolute Gasteiger partial charge is 0.395 e. The summed E-state index contributed by atoms with van der Waals surface area (Å²) < 4.78 is 5.89. The van der Waals surface area contributed by atoms with Crippen LogP contribution in [0.1, 0.15) is 44.9 Å². The number of ether oxygens (including phenoxy) is 1. The number of hydrogen-bond donors (Lipinski definition) is 4. The molecule has 6 nitrogen and oxygen atoms in total. The molecule has 2 bridgehead atoms. The van der Waals surface area contributed by atoms with Gasteiger partial charge >= 0.3 is 0 Å². The van der Waals surface area contributed by atoms with E-state index in [2.05, 4.69) is 0 Å². The highest BCUT2D eigenvalue weighted by atomic mass is 16.5. The Morgan fingerprint density at radius 1 is 0.960 bits per heavy atom. The fourth-order valence-corrected chi connectivity index (χ4v) is 5.15. The fourth-order valence-electron chi connectivity index (χ4n) is 5.15. The Morgan fingerprint density at radius 3 is 2.48 bits per heavy atom. The standard InChI is InChI=1S/C19H35NO5/c21-11-16-18(23)19(24)17(22)10-20(16)6-2-1-3-7-25-12-15-9-13-4-5-14(15)8-13/h13-19,21-24H,1-12H2/t13?,14?,15?,16-,17+,18-,19-/m1/s1. The predicted octanol–water partition coefficient (Wildman–Crippen LogP) is 0.369. The van der Waals surface area contributed by atoms with Crippen molar-refractivity contribution in [3.05, 3.63) is 0 Å². The van der Waals surface area contributed by atoms with Gasteiger partial charge in [-0.1, -0.05) is 6.42 Å². The molecule has 2 saturated carbocycles. The number of piperidine rings is 1. The van der Waals surface area contributed by atoms with E-state index in [4.69, 9.17) is 4.74 Å². The number of unbranched alkanes of at least 4 members (excludes halogenated alkanes) is 2. The van der Waals surface area contributed by atoms with Crippen LogP contribution < -0.4 is 0 Å². The maximum Gasteiger partial charge on any atom is 0.109 e. The molecule has 0 aromatic rings. The van der Waals surface area contributed by atoms with Crippen molar-refractivity contribution in [3.8, 4) is 0 Å². The molecule has 0 radical (unpaired) electrons. The van der Waals surface area contributed by atoms with Gasteiger partial charge < -0.3 is 25.2 Å². The Bertz CT molecular complexity index is 409. The second-order valence-electron chi connectivity index (χ2n) is 8.36. The van der Waals surface area contributed by atoms with Gasteiger partial charge in [-0.2, -0.15) is 0 Å². The quantitative estimate of drug-likeness (QED) is 0.446. The molecular weight excluding hydrogens is 322 g/mol. The van der Waals surface area contributed by atoms with Crippen molar-refractivity contribution >= 4 is 0 Å². The molecule has 1 saturated heterocycles. The Labute approximate surface area is 150 Å². The molecule has 6 heteroatoms. The van der Waals surface area contributed by atoms with Crippen molar-refractivity contribution < 1.29 is 25.2 Å². The van der Waals surface area contributed by atoms with E-state index in [0.717, 1.165) is 50.2 Å². The highest BCUT2D eigenvalue weighted by molar-refractivity contribution is 4.94. The summed E-state index contributed by atoms with van der Waals surface area (Å²) in [6.45, 7) is 2.53. The lowest BCUT2D eigenvalue weighted by molar-refractivity contribution is -0.145. The smallest absolute Gasteiger partial charge is 0.109 e. The predicted molar refractivity (Wildman–Crippen MR) is 94.1 cm³/mol. The minimum Gasteiger partial charge on any atom is -0.395 e. The SMILES string of the molecule is OC[C@@H]1[C@@H](O)[C@H](O)[C@@H](O)CN1CCCCCOCC1CC2CCC1C2. The third-order valence-electron chi connectivity index (χ3n) is 6.67. The summed E-state index contributed by atoms with van der Waals surface area (Å²) in [7, 11) is 0. The van der Waals surface area contributed by atoms with Gasteiger partial charge in [0.15, 0.2) is 0 Å². The molecule has 0 aromatic carbocycles. The van der Waals surface area contributed by atoms with Crippen LogP contribution in [0.5, 0.6) is 0 Å². The van der Waals surface area contributed by atoms with Crippen molar-refractivity contribution in [2.75, 3.05) is 32.9 Å². The zero-order chi connectivity index (χ0) is 17.8. The maximum absolute atomic E-state index is 9.97. The number of nitrogens with zero attached hydrogens (tertiary/aromatic N) is 1. The Morgan fingerprint density at radius 2 is 1.80 bits per heavy atom. The van der Waals surface area contributed by atoms with Gasteiger partial charge in [-0.25, -0.2) is 0 Å². The van der Waals surface area contributed by atoms with Crippen LogP contribution in [0.15, 0.2) is 0 Å². The van der Waals surface area contributed by atoms with E-state index in [-0.39, 0.29) is 6.61 Å². The van der Waals surface area contributed by atoms with Gasteiger partial charge in [0.1, 0.15) is 12.2 Å². The van der Waals surface area contributed by atoms with Crippen molar-refractivity contribution in [3.63, 3.8) is 0 Å². The Hall–Kier alpha value is -0.240. The third-order valence-corrected chi connectivity index (χ3v) is 6.67. The summed E-state index contributed by atoms with van der Waals surface area (Å²) in [5, 5.41) is 38.9. The molecule has 0 amide bonds. The zero-order valence-electron chi connectivity index (χ0n) is 15.2. The molecule has 7 atom stereocenters. The first-order chi connectivity index (χ1) is 12.1. The highest BCUT2D eigenvalue weighted by Gasteiger charge is 2.41. The summed E-state index contributed by atoms with van der Waals surface area (Å²) in [5.41, 5.74) is 0. The molecular formula is C19H35NO5. The average molecular weight is 357 g/mol. The van der Waals surface area contributed by atoms with Gasteiger partial charge in [0.25, 0.3) is 0 Å². The minimum atomic E-state index is -1.17. The number of fused-ring (bicyclic) bond motifs is 2. The lowest BCUT2D eigenvalue weighted by Gasteiger charge is -2.43. The van der Waals surface area contributed by atoms with Crippen LogP contribution in [0, 0.1) is 17.8 Å². The number of likely N-dealkylation sites (tertiary alicyclic amines) is 1. The van der Waals surface area contributed by atoms with E-state index in [1.54, 1.807) is 0 Å². The second kappa shape index (κ2) is 9.11. The van der Waals surface area contributed by atoms with Crippen LogP contribution >= 0.6 is 0 Å². The number of hydrogen-bond acceptors (Lipinski definition) is 6. The third kappa shape index (κ3) is 4.73. The van der Waals surface area contributed by atoms with Gasteiger partial charge in [0.2, 0.25) is 0 Å². The van der Waals surface area contributed by atoms with Crippen LogP contribution in [-0.4, -0.2) is 82.6 Å². The molecule has 3 unspecified atom stereocenters. The minimum absolute atomic E-state index is 0.211. The lowest BCUT2D eigenvalue weighted by Crippen LogP contribution is -2.62. The van der Waals surface area contributed by atoms with E-state index in [1.165, 1.54) is 25.7 Å². The van der Waals surface area contributed by atoms with Crippen molar-refractivity contribution in [1.82, 2.24) is 4.90 Å². The van der Waals surface area contributed by atoms with E-state index < -0.39 is 24.4 Å². The Balaban J connectivity index is 1.25. The van der Waals surface area contributed by atoms with E-state index in [9.17, 15) is 20.4 Å². The van der Waals surface area contributed by atoms with Crippen LogP contribution in [0.4, 0.5) is 0 Å². The van der Waals surface area contributed by atoms with Gasteiger partial charge in [0, 0.05) is 19.8 Å². The normalized spacial score (nSPS) is 41.5. The monoisotopic (exact) mass is 357 g/mol. The summed E-state index contributed by atoms with van der Waals surface area (Å²) in [6.07, 6.45) is 5.41. The molecule has 4 N–H and O–H groups in total. The molecule has 0 aromatic heterocycles. The van der Waals surface area contributed by atoms with Crippen molar-refractivity contribution in [2.24, 2.45) is 17.8 Å². The van der Waals surface area contributed by atoms with Gasteiger partial charge in [-0.05, 0) is 62.8 Å². The summed E-state index contributed by atoms with van der Waals surface area (Å²) in [6, 6.07) is -0.493. The van der Waals surface area contributed by atoms with E-state index in [0.29, 0.717) is 13.1 Å². The van der Waals surface area contributed by atoms with Crippen LogP contribution in [-0.2, 0) is 4.74 Å². The van der Waals surface area contributed by atoms with Crippen molar-refractivity contribution in [2.45, 2.75) is 69.3 Å². The fraction of sp³-hybridized carbons (Fsp3) is 1.00. The van der Waals surface area contributed by atoms with Crippen LogP contribution in [0.2, 0.25) is 0 Å². The summed E-state index contributed by atoms with van der Waals surface area (Å²) in [5.74, 6) is 2.70. The first-order valence-electron chi connectivity index (χ1n) is 10.1. The molecule has 1 heterocycles. The van der Waals surface area contributed by atoms with Gasteiger partial charge in [0.05, 0.1) is 18.8 Å². The second-order valence-corrected chi connectivity index (χ2v) is 8.36. The van der Waals surface area contributed by atoms with Crippen LogP contribution in [0.3, 0.4) is 0 Å². The molecule has 0 spiro atoms. The average Bonchev–Trinajstić information content (AvgIpc) is 3.22. The first-order valence-corrected chi connectivity index (χ1v) is 10.1. The number of aliphatic hydroxyl groups is 4.